The predicted molar refractivity (Wildman–Crippen MR) is 142 cm³/mol. The van der Waals surface area contributed by atoms with Gasteiger partial charge in [0.15, 0.2) is 0 Å². The van der Waals surface area contributed by atoms with Crippen LogP contribution in [0.3, 0.4) is 0 Å². The molecular formula is C28H30N4O2S. The Bertz CT molecular complexity index is 1260. The van der Waals surface area contributed by atoms with Gasteiger partial charge in [0, 0.05) is 23.1 Å². The molecule has 4 rings (SSSR count). The van der Waals surface area contributed by atoms with Crippen molar-refractivity contribution in [3.05, 3.63) is 88.6 Å². The van der Waals surface area contributed by atoms with E-state index in [-0.39, 0.29) is 24.3 Å². The number of nitrogens with one attached hydrogen (secondary N) is 1. The molecule has 0 unspecified atom stereocenters. The van der Waals surface area contributed by atoms with Gasteiger partial charge in [-0.2, -0.15) is 5.10 Å². The fourth-order valence-electron chi connectivity index (χ4n) is 3.83. The molecule has 0 saturated heterocycles. The van der Waals surface area contributed by atoms with Gasteiger partial charge >= 0.3 is 0 Å². The summed E-state index contributed by atoms with van der Waals surface area (Å²) in [6.45, 7) is 6.62. The number of anilines is 1. The minimum atomic E-state index is -0.252. The number of thiophene rings is 1. The van der Waals surface area contributed by atoms with Gasteiger partial charge in [-0.15, -0.1) is 11.3 Å². The van der Waals surface area contributed by atoms with Crippen molar-refractivity contribution in [2.24, 2.45) is 5.92 Å². The topological polar surface area (TPSA) is 67.2 Å². The lowest BCUT2D eigenvalue weighted by Gasteiger charge is -2.24. The highest BCUT2D eigenvalue weighted by Crippen LogP contribution is 2.25. The van der Waals surface area contributed by atoms with E-state index >= 15 is 0 Å². The summed E-state index contributed by atoms with van der Waals surface area (Å²) in [6, 6.07) is 23.6. The fourth-order valence-corrected chi connectivity index (χ4v) is 4.52. The summed E-state index contributed by atoms with van der Waals surface area (Å²) < 4.78 is 1.74. The van der Waals surface area contributed by atoms with Crippen LogP contribution in [0.25, 0.3) is 16.9 Å². The summed E-state index contributed by atoms with van der Waals surface area (Å²) in [5, 5.41) is 9.73. The molecule has 2 aromatic heterocycles. The van der Waals surface area contributed by atoms with Gasteiger partial charge in [-0.3, -0.25) is 9.59 Å². The van der Waals surface area contributed by atoms with Gasteiger partial charge in [0.2, 0.25) is 11.8 Å². The Morgan fingerprint density at radius 3 is 2.43 bits per heavy atom. The van der Waals surface area contributed by atoms with Crippen LogP contribution in [0.4, 0.5) is 5.82 Å². The van der Waals surface area contributed by atoms with Crippen LogP contribution < -0.4 is 5.32 Å². The molecule has 2 amide bonds. The van der Waals surface area contributed by atoms with Crippen LogP contribution in [0, 0.1) is 12.8 Å². The highest BCUT2D eigenvalue weighted by molar-refractivity contribution is 7.10. The number of benzene rings is 2. The second-order valence-corrected chi connectivity index (χ2v) is 10.0. The van der Waals surface area contributed by atoms with Crippen molar-refractivity contribution in [3.63, 3.8) is 0 Å². The van der Waals surface area contributed by atoms with Crippen molar-refractivity contribution in [1.29, 1.82) is 0 Å². The number of hydrogen-bond acceptors (Lipinski definition) is 4. The predicted octanol–water partition coefficient (Wildman–Crippen LogP) is 5.58. The summed E-state index contributed by atoms with van der Waals surface area (Å²) in [7, 11) is 0. The third kappa shape index (κ3) is 6.45. The Balaban J connectivity index is 1.57. The van der Waals surface area contributed by atoms with E-state index in [1.165, 1.54) is 0 Å². The SMILES string of the molecule is Cc1ccc(-n2nc(-c3ccccc3)cc2NC(=O)CN(CC(C)C)C(=O)Cc2cccs2)cc1. The molecule has 2 aromatic carbocycles. The zero-order chi connectivity index (χ0) is 24.8. The van der Waals surface area contributed by atoms with Gasteiger partial charge in [-0.1, -0.05) is 67.9 Å². The smallest absolute Gasteiger partial charge is 0.245 e. The molecule has 1 N–H and O–H groups in total. The Labute approximate surface area is 210 Å². The lowest BCUT2D eigenvalue weighted by atomic mass is 10.1. The normalized spacial score (nSPS) is 11.0. The standard InChI is InChI=1S/C28H30N4O2S/c1-20(2)18-31(28(34)16-24-10-7-15-35-24)19-27(33)29-26-17-25(22-8-5-4-6-9-22)30-32(26)23-13-11-21(3)12-14-23/h4-15,17,20H,16,18-19H2,1-3H3,(H,29,33). The first-order chi connectivity index (χ1) is 16.9. The monoisotopic (exact) mass is 486 g/mol. The average molecular weight is 487 g/mol. The van der Waals surface area contributed by atoms with E-state index in [1.54, 1.807) is 20.9 Å². The molecule has 0 fully saturated rings. The van der Waals surface area contributed by atoms with Crippen LogP contribution in [0.15, 0.2) is 78.2 Å². The average Bonchev–Trinajstić information content (AvgIpc) is 3.49. The highest BCUT2D eigenvalue weighted by Gasteiger charge is 2.21. The van der Waals surface area contributed by atoms with Gasteiger partial charge in [0.25, 0.3) is 0 Å². The van der Waals surface area contributed by atoms with E-state index in [9.17, 15) is 9.59 Å². The first kappa shape index (κ1) is 24.4. The van der Waals surface area contributed by atoms with Crippen LogP contribution >= 0.6 is 11.3 Å². The largest absolute Gasteiger partial charge is 0.333 e. The van der Waals surface area contributed by atoms with E-state index in [4.69, 9.17) is 5.10 Å². The number of carbonyl (C=O) groups is 2. The lowest BCUT2D eigenvalue weighted by Crippen LogP contribution is -2.41. The van der Waals surface area contributed by atoms with Crippen molar-refractivity contribution in [3.8, 4) is 16.9 Å². The third-order valence-corrected chi connectivity index (χ3v) is 6.38. The quantitative estimate of drug-likeness (QED) is 0.336. The van der Waals surface area contributed by atoms with E-state index in [0.29, 0.717) is 18.8 Å². The maximum absolute atomic E-state index is 13.2. The molecule has 2 heterocycles. The van der Waals surface area contributed by atoms with Gasteiger partial charge in [-0.05, 0) is 36.4 Å². The number of amides is 2. The van der Waals surface area contributed by atoms with Crippen LogP contribution in [0.1, 0.15) is 24.3 Å². The molecule has 6 nitrogen and oxygen atoms in total. The maximum atomic E-state index is 13.2. The van der Waals surface area contributed by atoms with E-state index in [0.717, 1.165) is 27.4 Å². The number of carbonyl (C=O) groups excluding carboxylic acids is 2. The van der Waals surface area contributed by atoms with E-state index < -0.39 is 0 Å². The zero-order valence-corrected chi connectivity index (χ0v) is 21.1. The van der Waals surface area contributed by atoms with Crippen molar-refractivity contribution >= 4 is 29.0 Å². The first-order valence-electron chi connectivity index (χ1n) is 11.7. The van der Waals surface area contributed by atoms with Crippen molar-refractivity contribution in [2.75, 3.05) is 18.4 Å². The summed E-state index contributed by atoms with van der Waals surface area (Å²) in [5.41, 5.74) is 3.71. The molecule has 180 valence electrons. The summed E-state index contributed by atoms with van der Waals surface area (Å²) in [4.78, 5) is 28.8. The van der Waals surface area contributed by atoms with Crippen LogP contribution in [0.2, 0.25) is 0 Å². The Morgan fingerprint density at radius 2 is 1.77 bits per heavy atom. The zero-order valence-electron chi connectivity index (χ0n) is 20.3. The van der Waals surface area contributed by atoms with Crippen LogP contribution in [-0.2, 0) is 16.0 Å². The number of aryl methyl sites for hydroxylation is 1. The van der Waals surface area contributed by atoms with E-state index in [1.807, 2.05) is 98.9 Å². The Kier molecular flexibility index (Phi) is 7.77. The number of nitrogens with zero attached hydrogens (tertiary/aromatic N) is 3. The fraction of sp³-hybridized carbons (Fsp3) is 0.250. The van der Waals surface area contributed by atoms with Crippen molar-refractivity contribution in [1.82, 2.24) is 14.7 Å². The molecule has 7 heteroatoms. The van der Waals surface area contributed by atoms with Gasteiger partial charge in [0.1, 0.15) is 5.82 Å². The molecule has 0 bridgehead atoms. The maximum Gasteiger partial charge on any atom is 0.245 e. The minimum absolute atomic E-state index is 0.0118. The molecule has 0 spiro atoms. The molecule has 0 radical (unpaired) electrons. The summed E-state index contributed by atoms with van der Waals surface area (Å²) in [6.07, 6.45) is 0.303. The molecule has 0 aliphatic rings. The number of rotatable bonds is 9. The minimum Gasteiger partial charge on any atom is -0.333 e. The number of aromatic nitrogens is 2. The molecule has 0 aliphatic carbocycles. The molecule has 0 saturated carbocycles. The van der Waals surface area contributed by atoms with E-state index in [2.05, 4.69) is 5.32 Å². The Hall–Kier alpha value is -3.71. The molecule has 35 heavy (non-hydrogen) atoms. The summed E-state index contributed by atoms with van der Waals surface area (Å²) in [5.74, 6) is 0.511. The first-order valence-corrected chi connectivity index (χ1v) is 12.6. The second kappa shape index (κ2) is 11.1. The van der Waals surface area contributed by atoms with Gasteiger partial charge in [0.05, 0.1) is 24.3 Å². The third-order valence-electron chi connectivity index (χ3n) is 5.50. The molecular weight excluding hydrogens is 456 g/mol. The summed E-state index contributed by atoms with van der Waals surface area (Å²) >= 11 is 1.55. The van der Waals surface area contributed by atoms with Crippen LogP contribution in [-0.4, -0.2) is 39.6 Å². The Morgan fingerprint density at radius 1 is 1.03 bits per heavy atom. The highest BCUT2D eigenvalue weighted by atomic mass is 32.1. The number of hydrogen-bond donors (Lipinski definition) is 1. The van der Waals surface area contributed by atoms with Crippen LogP contribution in [0.5, 0.6) is 0 Å². The lowest BCUT2D eigenvalue weighted by molar-refractivity contribution is -0.134. The molecule has 0 atom stereocenters. The van der Waals surface area contributed by atoms with Crippen molar-refractivity contribution in [2.45, 2.75) is 27.2 Å². The van der Waals surface area contributed by atoms with Gasteiger partial charge < -0.3 is 10.2 Å². The molecule has 4 aromatic rings. The van der Waals surface area contributed by atoms with Gasteiger partial charge in [-0.25, -0.2) is 4.68 Å². The second-order valence-electron chi connectivity index (χ2n) is 9.00. The van der Waals surface area contributed by atoms with Crippen molar-refractivity contribution < 1.29 is 9.59 Å². The molecule has 0 aliphatic heterocycles.